The van der Waals surface area contributed by atoms with Crippen molar-refractivity contribution in [2.75, 3.05) is 18.5 Å². The van der Waals surface area contributed by atoms with E-state index in [1.165, 1.54) is 0 Å². The molecule has 4 aromatic rings. The molecule has 0 bridgehead atoms. The van der Waals surface area contributed by atoms with Gasteiger partial charge < -0.3 is 24.7 Å². The van der Waals surface area contributed by atoms with Crippen LogP contribution in [-0.4, -0.2) is 34.6 Å². The normalized spacial score (nSPS) is 13.6. The van der Waals surface area contributed by atoms with Crippen molar-refractivity contribution in [3.63, 3.8) is 0 Å². The Hall–Kier alpha value is -4.33. The number of imidazole rings is 1. The van der Waals surface area contributed by atoms with Crippen LogP contribution in [0.1, 0.15) is 35.6 Å². The average Bonchev–Trinajstić information content (AvgIpc) is 3.06. The SMILES string of the molecule is C[C@H](NC(=O)c1ccccc1)c1nc2ccccc2n1CC(=O)Nc1ccc2c(c1)OCCCO2. The molecule has 1 aliphatic heterocycles. The van der Waals surface area contributed by atoms with Crippen molar-refractivity contribution in [2.45, 2.75) is 25.9 Å². The van der Waals surface area contributed by atoms with Gasteiger partial charge in [0, 0.05) is 23.7 Å². The van der Waals surface area contributed by atoms with Gasteiger partial charge in [0.1, 0.15) is 12.4 Å². The number of ether oxygens (including phenoxy) is 2. The summed E-state index contributed by atoms with van der Waals surface area (Å²) in [6, 6.07) is 21.6. The van der Waals surface area contributed by atoms with Crippen molar-refractivity contribution in [2.24, 2.45) is 0 Å². The second kappa shape index (κ2) is 9.89. The number of nitrogens with one attached hydrogen (secondary N) is 2. The molecule has 2 amide bonds. The van der Waals surface area contributed by atoms with Crippen LogP contribution in [0.3, 0.4) is 0 Å². The fourth-order valence-corrected chi connectivity index (χ4v) is 4.11. The Balaban J connectivity index is 1.37. The third-order valence-corrected chi connectivity index (χ3v) is 5.79. The summed E-state index contributed by atoms with van der Waals surface area (Å²) in [5.41, 5.74) is 2.76. The molecule has 0 saturated carbocycles. The minimum absolute atomic E-state index is 0.0375. The van der Waals surface area contributed by atoms with Crippen molar-refractivity contribution in [1.82, 2.24) is 14.9 Å². The second-order valence-corrected chi connectivity index (χ2v) is 8.37. The molecule has 8 heteroatoms. The molecule has 2 N–H and O–H groups in total. The maximum Gasteiger partial charge on any atom is 0.251 e. The van der Waals surface area contributed by atoms with Gasteiger partial charge in [-0.15, -0.1) is 0 Å². The summed E-state index contributed by atoms with van der Waals surface area (Å²) in [7, 11) is 0. The van der Waals surface area contributed by atoms with Gasteiger partial charge in [-0.25, -0.2) is 4.98 Å². The van der Waals surface area contributed by atoms with E-state index in [4.69, 9.17) is 14.5 Å². The Morgan fingerprint density at radius 3 is 2.54 bits per heavy atom. The van der Waals surface area contributed by atoms with Crippen molar-refractivity contribution in [3.05, 3.63) is 84.2 Å². The summed E-state index contributed by atoms with van der Waals surface area (Å²) < 4.78 is 13.2. The Labute approximate surface area is 202 Å². The Morgan fingerprint density at radius 2 is 1.71 bits per heavy atom. The molecule has 178 valence electrons. The fraction of sp³-hybridized carbons (Fsp3) is 0.222. The van der Waals surface area contributed by atoms with E-state index in [9.17, 15) is 9.59 Å². The van der Waals surface area contributed by atoms with Gasteiger partial charge in [-0.1, -0.05) is 30.3 Å². The number of benzene rings is 3. The zero-order chi connectivity index (χ0) is 24.2. The molecule has 0 radical (unpaired) electrons. The van der Waals surface area contributed by atoms with Gasteiger partial charge in [0.25, 0.3) is 5.91 Å². The molecular formula is C27H26N4O4. The molecule has 1 aromatic heterocycles. The smallest absolute Gasteiger partial charge is 0.251 e. The number of carbonyl (C=O) groups is 2. The number of hydrogen-bond acceptors (Lipinski definition) is 5. The van der Waals surface area contributed by atoms with Gasteiger partial charge in [-0.2, -0.15) is 0 Å². The Kier molecular flexibility index (Phi) is 6.34. The number of carbonyl (C=O) groups excluding carboxylic acids is 2. The standard InChI is InChI=1S/C27H26N4O4/c1-18(28-27(33)19-8-3-2-4-9-19)26-30-21-10-5-6-11-22(21)31(26)17-25(32)29-20-12-13-23-24(16-20)35-15-7-14-34-23/h2-6,8-13,16,18H,7,14-15,17H2,1H3,(H,28,33)(H,29,32)/t18-/m0/s1. The predicted molar refractivity (Wildman–Crippen MR) is 133 cm³/mol. The number of nitrogens with zero attached hydrogens (tertiary/aromatic N) is 2. The highest BCUT2D eigenvalue weighted by Crippen LogP contribution is 2.32. The van der Waals surface area contributed by atoms with Gasteiger partial charge in [0.2, 0.25) is 5.91 Å². The number of para-hydroxylation sites is 2. The Morgan fingerprint density at radius 1 is 0.971 bits per heavy atom. The van der Waals surface area contributed by atoms with Crippen LogP contribution in [0, 0.1) is 0 Å². The highest BCUT2D eigenvalue weighted by Gasteiger charge is 2.21. The topological polar surface area (TPSA) is 94.5 Å². The van der Waals surface area contributed by atoms with Crippen LogP contribution >= 0.6 is 0 Å². The average molecular weight is 471 g/mol. The lowest BCUT2D eigenvalue weighted by atomic mass is 10.2. The first-order chi connectivity index (χ1) is 17.1. The van der Waals surface area contributed by atoms with Crippen LogP contribution in [0.25, 0.3) is 11.0 Å². The summed E-state index contributed by atoms with van der Waals surface area (Å²) in [4.78, 5) is 30.5. The van der Waals surface area contributed by atoms with Gasteiger partial charge in [0.05, 0.1) is 30.3 Å². The van der Waals surface area contributed by atoms with E-state index in [1.54, 1.807) is 30.3 Å². The maximum atomic E-state index is 13.1. The zero-order valence-corrected chi connectivity index (χ0v) is 19.4. The maximum absolute atomic E-state index is 13.1. The van der Waals surface area contributed by atoms with E-state index in [-0.39, 0.29) is 18.4 Å². The van der Waals surface area contributed by atoms with Crippen LogP contribution in [0.5, 0.6) is 11.5 Å². The number of amides is 2. The van der Waals surface area contributed by atoms with Crippen molar-refractivity contribution in [1.29, 1.82) is 0 Å². The molecule has 0 unspecified atom stereocenters. The van der Waals surface area contributed by atoms with E-state index in [1.807, 2.05) is 54.0 Å². The molecule has 1 aliphatic rings. The minimum Gasteiger partial charge on any atom is -0.490 e. The van der Waals surface area contributed by atoms with E-state index in [0.717, 1.165) is 17.5 Å². The van der Waals surface area contributed by atoms with E-state index in [0.29, 0.717) is 41.8 Å². The summed E-state index contributed by atoms with van der Waals surface area (Å²) in [5, 5.41) is 5.93. The van der Waals surface area contributed by atoms with E-state index < -0.39 is 6.04 Å². The molecule has 1 atom stereocenters. The molecule has 0 fully saturated rings. The lowest BCUT2D eigenvalue weighted by Crippen LogP contribution is -2.30. The first-order valence-corrected chi connectivity index (χ1v) is 11.6. The van der Waals surface area contributed by atoms with Gasteiger partial charge in [-0.3, -0.25) is 9.59 Å². The van der Waals surface area contributed by atoms with Gasteiger partial charge in [0.15, 0.2) is 11.5 Å². The van der Waals surface area contributed by atoms with Crippen molar-refractivity contribution >= 4 is 28.5 Å². The highest BCUT2D eigenvalue weighted by molar-refractivity contribution is 5.94. The molecule has 2 heterocycles. The summed E-state index contributed by atoms with van der Waals surface area (Å²) >= 11 is 0. The molecule has 5 rings (SSSR count). The Bertz CT molecular complexity index is 1370. The second-order valence-electron chi connectivity index (χ2n) is 8.37. The molecular weight excluding hydrogens is 444 g/mol. The number of rotatable bonds is 6. The summed E-state index contributed by atoms with van der Waals surface area (Å²) in [6.45, 7) is 3.08. The van der Waals surface area contributed by atoms with Crippen LogP contribution in [0.15, 0.2) is 72.8 Å². The van der Waals surface area contributed by atoms with Gasteiger partial charge in [-0.05, 0) is 43.3 Å². The van der Waals surface area contributed by atoms with Crippen LogP contribution in [0.2, 0.25) is 0 Å². The number of hydrogen-bond donors (Lipinski definition) is 2. The molecule has 0 saturated heterocycles. The number of anilines is 1. The van der Waals surface area contributed by atoms with Crippen molar-refractivity contribution in [3.8, 4) is 11.5 Å². The monoisotopic (exact) mass is 470 g/mol. The molecule has 3 aromatic carbocycles. The molecule has 0 spiro atoms. The van der Waals surface area contributed by atoms with Crippen molar-refractivity contribution < 1.29 is 19.1 Å². The largest absolute Gasteiger partial charge is 0.490 e. The number of fused-ring (bicyclic) bond motifs is 2. The third kappa shape index (κ3) is 4.96. The van der Waals surface area contributed by atoms with Crippen LogP contribution < -0.4 is 20.1 Å². The first kappa shape index (κ1) is 22.5. The first-order valence-electron chi connectivity index (χ1n) is 11.6. The zero-order valence-electron chi connectivity index (χ0n) is 19.4. The third-order valence-electron chi connectivity index (χ3n) is 5.79. The molecule has 35 heavy (non-hydrogen) atoms. The quantitative estimate of drug-likeness (QED) is 0.438. The van der Waals surface area contributed by atoms with Crippen LogP contribution in [0.4, 0.5) is 5.69 Å². The summed E-state index contributed by atoms with van der Waals surface area (Å²) in [6.07, 6.45) is 0.811. The van der Waals surface area contributed by atoms with Crippen LogP contribution in [-0.2, 0) is 11.3 Å². The summed E-state index contributed by atoms with van der Waals surface area (Å²) in [5.74, 6) is 1.47. The lowest BCUT2D eigenvalue weighted by molar-refractivity contribution is -0.116. The highest BCUT2D eigenvalue weighted by atomic mass is 16.5. The number of aromatic nitrogens is 2. The van der Waals surface area contributed by atoms with E-state index in [2.05, 4.69) is 10.6 Å². The van der Waals surface area contributed by atoms with E-state index >= 15 is 0 Å². The molecule has 8 nitrogen and oxygen atoms in total. The minimum atomic E-state index is -0.416. The predicted octanol–water partition coefficient (Wildman–Crippen LogP) is 4.33. The fourth-order valence-electron chi connectivity index (χ4n) is 4.11. The molecule has 0 aliphatic carbocycles. The lowest BCUT2D eigenvalue weighted by Gasteiger charge is -2.17. The van der Waals surface area contributed by atoms with Gasteiger partial charge >= 0.3 is 0 Å².